The van der Waals surface area contributed by atoms with Gasteiger partial charge in [0.1, 0.15) is 11.6 Å². The first kappa shape index (κ1) is 19.4. The molecular formula is C20H32N6O2. The molecule has 3 aliphatic rings. The van der Waals surface area contributed by atoms with Crippen LogP contribution in [0.5, 0.6) is 0 Å². The van der Waals surface area contributed by atoms with Crippen molar-refractivity contribution in [2.24, 2.45) is 0 Å². The van der Waals surface area contributed by atoms with Gasteiger partial charge in [0.15, 0.2) is 0 Å². The Balaban J connectivity index is 1.39. The molecule has 1 aromatic heterocycles. The smallest absolute Gasteiger partial charge is 0.242 e. The molecule has 2 saturated heterocycles. The molecule has 28 heavy (non-hydrogen) atoms. The predicted molar refractivity (Wildman–Crippen MR) is 105 cm³/mol. The van der Waals surface area contributed by atoms with Gasteiger partial charge in [0, 0.05) is 51.5 Å². The molecule has 154 valence electrons. The first-order valence-electron chi connectivity index (χ1n) is 10.8. The van der Waals surface area contributed by atoms with Crippen molar-refractivity contribution < 1.29 is 9.59 Å². The highest BCUT2D eigenvalue weighted by Gasteiger charge is 2.29. The van der Waals surface area contributed by atoms with Crippen LogP contribution in [-0.4, -0.2) is 87.6 Å². The fraction of sp³-hybridized carbons (Fsp3) is 0.800. The standard InChI is InChI=1S/C20H32N6O2/c1-23-9-5-6-16(14-23)20-22-21-17-8-11-24(12-13-26(17)20)19(28)15-25-10-4-2-3-7-18(25)27/h16H,2-15H2,1H3. The summed E-state index contributed by atoms with van der Waals surface area (Å²) in [6, 6.07) is 0. The third kappa shape index (κ3) is 4.21. The number of hydrogen-bond donors (Lipinski definition) is 0. The monoisotopic (exact) mass is 388 g/mol. The van der Waals surface area contributed by atoms with Gasteiger partial charge in [-0.1, -0.05) is 6.42 Å². The number of carbonyl (C=O) groups is 2. The van der Waals surface area contributed by atoms with Crippen LogP contribution in [0, 0.1) is 0 Å². The van der Waals surface area contributed by atoms with Crippen molar-refractivity contribution in [2.75, 3.05) is 46.3 Å². The molecule has 2 fully saturated rings. The maximum absolute atomic E-state index is 12.9. The van der Waals surface area contributed by atoms with Crippen LogP contribution < -0.4 is 0 Å². The van der Waals surface area contributed by atoms with Crippen molar-refractivity contribution in [3.05, 3.63) is 11.6 Å². The summed E-state index contributed by atoms with van der Waals surface area (Å²) in [5.41, 5.74) is 0. The predicted octanol–water partition coefficient (Wildman–Crippen LogP) is 0.875. The van der Waals surface area contributed by atoms with Crippen LogP contribution in [-0.2, 0) is 22.6 Å². The number of rotatable bonds is 3. The number of hydrogen-bond acceptors (Lipinski definition) is 5. The topological polar surface area (TPSA) is 74.6 Å². The van der Waals surface area contributed by atoms with E-state index >= 15 is 0 Å². The van der Waals surface area contributed by atoms with Crippen molar-refractivity contribution in [1.82, 2.24) is 29.5 Å². The lowest BCUT2D eigenvalue weighted by molar-refractivity contribution is -0.140. The lowest BCUT2D eigenvalue weighted by atomic mass is 9.97. The number of aromatic nitrogens is 3. The maximum atomic E-state index is 12.9. The summed E-state index contributed by atoms with van der Waals surface area (Å²) >= 11 is 0. The van der Waals surface area contributed by atoms with Crippen molar-refractivity contribution in [2.45, 2.75) is 57.4 Å². The van der Waals surface area contributed by atoms with Crippen molar-refractivity contribution in [3.8, 4) is 0 Å². The molecule has 1 aromatic rings. The molecule has 3 aliphatic heterocycles. The van der Waals surface area contributed by atoms with Crippen LogP contribution in [0.2, 0.25) is 0 Å². The quantitative estimate of drug-likeness (QED) is 0.768. The Hall–Kier alpha value is -1.96. The summed E-state index contributed by atoms with van der Waals surface area (Å²) < 4.78 is 2.24. The van der Waals surface area contributed by atoms with Crippen LogP contribution in [0.4, 0.5) is 0 Å². The molecular weight excluding hydrogens is 356 g/mol. The molecule has 0 spiro atoms. The zero-order valence-corrected chi connectivity index (χ0v) is 17.0. The van der Waals surface area contributed by atoms with Crippen LogP contribution in [0.25, 0.3) is 0 Å². The van der Waals surface area contributed by atoms with Crippen molar-refractivity contribution >= 4 is 11.8 Å². The van der Waals surface area contributed by atoms with Crippen LogP contribution in [0.15, 0.2) is 0 Å². The highest BCUT2D eigenvalue weighted by atomic mass is 16.2. The van der Waals surface area contributed by atoms with E-state index in [0.29, 0.717) is 32.0 Å². The van der Waals surface area contributed by atoms with Gasteiger partial charge in [0.25, 0.3) is 0 Å². The van der Waals surface area contributed by atoms with Crippen LogP contribution in [0.3, 0.4) is 0 Å². The second kappa shape index (κ2) is 8.59. The van der Waals surface area contributed by atoms with E-state index in [1.807, 2.05) is 4.90 Å². The Bertz CT molecular complexity index is 718. The molecule has 8 nitrogen and oxygen atoms in total. The van der Waals surface area contributed by atoms with E-state index in [4.69, 9.17) is 0 Å². The van der Waals surface area contributed by atoms with Gasteiger partial charge < -0.3 is 19.3 Å². The number of carbonyl (C=O) groups excluding carboxylic acids is 2. The summed E-state index contributed by atoms with van der Waals surface area (Å²) in [7, 11) is 2.16. The molecule has 1 unspecified atom stereocenters. The minimum Gasteiger partial charge on any atom is -0.339 e. The van der Waals surface area contributed by atoms with Gasteiger partial charge in [-0.05, 0) is 39.3 Å². The number of likely N-dealkylation sites (N-methyl/N-ethyl adjacent to an activating group) is 1. The average molecular weight is 389 g/mol. The van der Waals surface area contributed by atoms with Gasteiger partial charge in [-0.2, -0.15) is 0 Å². The number of piperidine rings is 1. The fourth-order valence-corrected chi connectivity index (χ4v) is 4.74. The second-order valence-corrected chi connectivity index (χ2v) is 8.48. The van der Waals surface area contributed by atoms with E-state index in [9.17, 15) is 9.59 Å². The molecule has 8 heteroatoms. The number of likely N-dealkylation sites (tertiary alicyclic amines) is 2. The first-order valence-corrected chi connectivity index (χ1v) is 10.8. The third-order valence-electron chi connectivity index (χ3n) is 6.39. The molecule has 2 amide bonds. The lowest BCUT2D eigenvalue weighted by Gasteiger charge is -2.29. The van der Waals surface area contributed by atoms with Crippen LogP contribution >= 0.6 is 0 Å². The summed E-state index contributed by atoms with van der Waals surface area (Å²) in [6.07, 6.45) is 6.68. The average Bonchev–Trinajstić information content (AvgIpc) is 2.82. The lowest BCUT2D eigenvalue weighted by Crippen LogP contribution is -2.43. The molecule has 0 N–H and O–H groups in total. The van der Waals surface area contributed by atoms with Crippen LogP contribution in [0.1, 0.15) is 56.1 Å². The highest BCUT2D eigenvalue weighted by molar-refractivity contribution is 5.85. The fourth-order valence-electron chi connectivity index (χ4n) is 4.74. The maximum Gasteiger partial charge on any atom is 0.242 e. The van der Waals surface area contributed by atoms with Gasteiger partial charge in [0.05, 0.1) is 6.54 Å². The molecule has 0 radical (unpaired) electrons. The van der Waals surface area contributed by atoms with Gasteiger partial charge in [0.2, 0.25) is 11.8 Å². The number of fused-ring (bicyclic) bond motifs is 1. The normalized spacial score (nSPS) is 24.6. The highest BCUT2D eigenvalue weighted by Crippen LogP contribution is 2.26. The molecule has 4 rings (SSSR count). The Labute approximate surface area is 166 Å². The third-order valence-corrected chi connectivity index (χ3v) is 6.39. The van der Waals surface area contributed by atoms with E-state index in [0.717, 1.165) is 63.4 Å². The second-order valence-electron chi connectivity index (χ2n) is 8.48. The Morgan fingerprint density at radius 1 is 1.00 bits per heavy atom. The number of nitrogens with zero attached hydrogens (tertiary/aromatic N) is 6. The molecule has 0 saturated carbocycles. The summed E-state index contributed by atoms with van der Waals surface area (Å²) in [6.45, 7) is 5.18. The Morgan fingerprint density at radius 2 is 1.89 bits per heavy atom. The summed E-state index contributed by atoms with van der Waals surface area (Å²) in [5.74, 6) is 2.69. The van der Waals surface area contributed by atoms with Crippen molar-refractivity contribution in [3.63, 3.8) is 0 Å². The van der Waals surface area contributed by atoms with E-state index in [1.165, 1.54) is 6.42 Å². The number of amides is 2. The SMILES string of the molecule is CN1CCCC(c2nnc3n2CCN(C(=O)CN2CCCCCC2=O)CC3)C1. The van der Waals surface area contributed by atoms with Gasteiger partial charge in [-0.25, -0.2) is 0 Å². The largest absolute Gasteiger partial charge is 0.339 e. The molecule has 0 aliphatic carbocycles. The minimum atomic E-state index is 0.0629. The Kier molecular flexibility index (Phi) is 5.94. The van der Waals surface area contributed by atoms with E-state index in [1.54, 1.807) is 4.90 Å². The van der Waals surface area contributed by atoms with E-state index in [2.05, 4.69) is 26.7 Å². The molecule has 0 aromatic carbocycles. The zero-order valence-electron chi connectivity index (χ0n) is 17.0. The Morgan fingerprint density at radius 3 is 2.75 bits per heavy atom. The summed E-state index contributed by atoms with van der Waals surface area (Å²) in [4.78, 5) is 31.1. The van der Waals surface area contributed by atoms with Crippen molar-refractivity contribution in [1.29, 1.82) is 0 Å². The van der Waals surface area contributed by atoms with E-state index in [-0.39, 0.29) is 18.4 Å². The van der Waals surface area contributed by atoms with Gasteiger partial charge in [-0.15, -0.1) is 10.2 Å². The van der Waals surface area contributed by atoms with Gasteiger partial charge in [-0.3, -0.25) is 9.59 Å². The first-order chi connectivity index (χ1) is 13.6. The minimum absolute atomic E-state index is 0.0629. The zero-order chi connectivity index (χ0) is 19.5. The molecule has 4 heterocycles. The molecule has 0 bridgehead atoms. The molecule has 1 atom stereocenters. The van der Waals surface area contributed by atoms with E-state index < -0.39 is 0 Å². The summed E-state index contributed by atoms with van der Waals surface area (Å²) in [5, 5.41) is 8.95. The van der Waals surface area contributed by atoms with Gasteiger partial charge >= 0.3 is 0 Å².